The predicted octanol–water partition coefficient (Wildman–Crippen LogP) is 3.91. The Labute approximate surface area is 208 Å². The van der Waals surface area contributed by atoms with Crippen molar-refractivity contribution in [1.82, 2.24) is 19.6 Å². The molecule has 8 nitrogen and oxygen atoms in total. The van der Waals surface area contributed by atoms with E-state index in [4.69, 9.17) is 9.47 Å². The van der Waals surface area contributed by atoms with Gasteiger partial charge in [0.05, 0.1) is 30.7 Å². The first kappa shape index (κ1) is 26.6. The van der Waals surface area contributed by atoms with Crippen LogP contribution in [-0.2, 0) is 4.74 Å². The molecule has 1 aliphatic heterocycles. The number of hydrogen-bond donors (Lipinski definition) is 1. The first-order valence-electron chi connectivity index (χ1n) is 11.5. The Morgan fingerprint density at radius 3 is 2.68 bits per heavy atom. The molecule has 1 saturated heterocycles. The minimum atomic E-state index is -4.66. The summed E-state index contributed by atoms with van der Waals surface area (Å²) in [6.07, 6.45) is -1.44. The lowest BCUT2D eigenvalue weighted by molar-refractivity contribution is -0.123. The number of nitrogens with one attached hydrogen (secondary N) is 1. The number of aromatic nitrogens is 2. The number of nitrogens with zero attached hydrogens (tertiary/aromatic N) is 3. The van der Waals surface area contributed by atoms with Gasteiger partial charge < -0.3 is 19.5 Å². The fourth-order valence-electron chi connectivity index (χ4n) is 4.03. The fourth-order valence-corrected chi connectivity index (χ4v) is 4.03. The van der Waals surface area contributed by atoms with Crippen molar-refractivity contribution in [2.75, 3.05) is 46.0 Å². The first-order chi connectivity index (χ1) is 17.6. The van der Waals surface area contributed by atoms with Crippen LogP contribution in [0.15, 0.2) is 36.7 Å². The van der Waals surface area contributed by atoms with Crippen molar-refractivity contribution in [3.8, 4) is 22.8 Å². The number of morpholine rings is 1. The van der Waals surface area contributed by atoms with Crippen LogP contribution in [0.25, 0.3) is 16.9 Å². The minimum Gasteiger partial charge on any atom is -0.492 e. The van der Waals surface area contributed by atoms with Crippen LogP contribution >= 0.6 is 0 Å². The van der Waals surface area contributed by atoms with Crippen LogP contribution < -0.4 is 14.8 Å². The second-order valence-corrected chi connectivity index (χ2v) is 8.38. The molecule has 13 heteroatoms. The van der Waals surface area contributed by atoms with Crippen LogP contribution in [-0.4, -0.2) is 79.0 Å². The zero-order valence-corrected chi connectivity index (χ0v) is 19.9. The average Bonchev–Trinajstić information content (AvgIpc) is 3.25. The minimum absolute atomic E-state index is 0.158. The highest BCUT2D eigenvalue weighted by Gasteiger charge is 2.29. The lowest BCUT2D eigenvalue weighted by atomic mass is 10.0. The number of carbonyl (C=O) groups excluding carboxylic acids is 1. The van der Waals surface area contributed by atoms with Crippen LogP contribution in [0.2, 0.25) is 0 Å². The van der Waals surface area contributed by atoms with Gasteiger partial charge in [-0.1, -0.05) is 0 Å². The maximum Gasteiger partial charge on any atom is 0.405 e. The van der Waals surface area contributed by atoms with Gasteiger partial charge in [-0.05, 0) is 30.7 Å². The van der Waals surface area contributed by atoms with Crippen LogP contribution in [0.4, 0.5) is 22.0 Å². The smallest absolute Gasteiger partial charge is 0.405 e. The van der Waals surface area contributed by atoms with Crippen LogP contribution in [0, 0.1) is 6.92 Å². The van der Waals surface area contributed by atoms with Crippen molar-refractivity contribution in [3.05, 3.63) is 47.8 Å². The van der Waals surface area contributed by atoms with Crippen molar-refractivity contribution >= 4 is 11.6 Å². The third-order valence-electron chi connectivity index (χ3n) is 5.75. The SMILES string of the molecule is Cc1cc(-c2cnc3cc(OCCN4CCOCC4)ccn23)cc(OC(F)F)c1C(=O)NCC(F)(F)F. The van der Waals surface area contributed by atoms with E-state index in [1.54, 1.807) is 28.0 Å². The maximum atomic E-state index is 13.1. The topological polar surface area (TPSA) is 77.3 Å². The van der Waals surface area contributed by atoms with Crippen molar-refractivity contribution in [3.63, 3.8) is 0 Å². The molecule has 0 bridgehead atoms. The summed E-state index contributed by atoms with van der Waals surface area (Å²) in [5, 5.41) is 1.69. The van der Waals surface area contributed by atoms with E-state index >= 15 is 0 Å². The Hall–Kier alpha value is -3.45. The highest BCUT2D eigenvalue weighted by Crippen LogP contribution is 2.32. The molecule has 0 atom stereocenters. The average molecular weight is 528 g/mol. The molecule has 3 heterocycles. The number of imidazole rings is 1. The third kappa shape index (κ3) is 6.86. The van der Waals surface area contributed by atoms with Crippen LogP contribution in [0.1, 0.15) is 15.9 Å². The molecule has 37 heavy (non-hydrogen) atoms. The monoisotopic (exact) mass is 528 g/mol. The van der Waals surface area contributed by atoms with Crippen LogP contribution in [0.5, 0.6) is 11.5 Å². The molecule has 2 aromatic heterocycles. The molecule has 1 aliphatic rings. The van der Waals surface area contributed by atoms with Gasteiger partial charge in [0.1, 0.15) is 30.3 Å². The van der Waals surface area contributed by atoms with E-state index in [0.717, 1.165) is 19.6 Å². The highest BCUT2D eigenvalue weighted by atomic mass is 19.4. The van der Waals surface area contributed by atoms with Gasteiger partial charge in [0, 0.05) is 37.5 Å². The fraction of sp³-hybridized carbons (Fsp3) is 0.417. The number of amides is 1. The summed E-state index contributed by atoms with van der Waals surface area (Å²) in [6, 6.07) is 6.14. The standard InChI is InChI=1S/C24H25F5N4O4/c1-15-10-16(11-19(37-23(25)26)21(15)22(34)31-14-24(27,28)29)18-13-30-20-12-17(2-3-33(18)20)36-9-6-32-4-7-35-8-5-32/h2-3,10-13,23H,4-9,14H2,1H3,(H,31,34). The van der Waals surface area contributed by atoms with E-state index in [1.165, 1.54) is 25.3 Å². The van der Waals surface area contributed by atoms with Gasteiger partial charge in [-0.25, -0.2) is 4.98 Å². The molecule has 1 aromatic carbocycles. The third-order valence-corrected chi connectivity index (χ3v) is 5.75. The lowest BCUT2D eigenvalue weighted by Gasteiger charge is -2.26. The highest BCUT2D eigenvalue weighted by molar-refractivity contribution is 5.99. The largest absolute Gasteiger partial charge is 0.492 e. The quantitative estimate of drug-likeness (QED) is 0.425. The van der Waals surface area contributed by atoms with Crippen LogP contribution in [0.3, 0.4) is 0 Å². The van der Waals surface area contributed by atoms with Crippen molar-refractivity contribution in [2.45, 2.75) is 19.7 Å². The summed E-state index contributed by atoms with van der Waals surface area (Å²) in [6.45, 7) is 0.870. The Morgan fingerprint density at radius 2 is 1.97 bits per heavy atom. The zero-order chi connectivity index (χ0) is 26.6. The van der Waals surface area contributed by atoms with Gasteiger partial charge in [0.25, 0.3) is 5.91 Å². The molecule has 0 radical (unpaired) electrons. The van der Waals surface area contributed by atoms with Gasteiger partial charge in [-0.3, -0.25) is 14.1 Å². The molecule has 1 amide bonds. The predicted molar refractivity (Wildman–Crippen MR) is 123 cm³/mol. The Kier molecular flexibility index (Phi) is 8.13. The van der Waals surface area contributed by atoms with E-state index in [2.05, 4.69) is 14.6 Å². The number of benzene rings is 1. The molecule has 0 aliphatic carbocycles. The van der Waals surface area contributed by atoms with E-state index in [0.29, 0.717) is 42.5 Å². The number of aryl methyl sites for hydroxylation is 1. The molecule has 0 saturated carbocycles. The van der Waals surface area contributed by atoms with Crippen molar-refractivity contribution in [2.24, 2.45) is 0 Å². The number of carbonyl (C=O) groups is 1. The van der Waals surface area contributed by atoms with Gasteiger partial charge in [-0.15, -0.1) is 0 Å². The lowest BCUT2D eigenvalue weighted by Crippen LogP contribution is -2.38. The number of ether oxygens (including phenoxy) is 3. The summed E-state index contributed by atoms with van der Waals surface area (Å²) < 4.78 is 81.1. The van der Waals surface area contributed by atoms with Crippen molar-refractivity contribution < 1.29 is 41.0 Å². The number of alkyl halides is 5. The number of pyridine rings is 1. The zero-order valence-electron chi connectivity index (χ0n) is 19.9. The molecule has 200 valence electrons. The molecular formula is C24H25F5N4O4. The normalized spacial score (nSPS) is 14.8. The molecule has 0 unspecified atom stereocenters. The summed E-state index contributed by atoms with van der Waals surface area (Å²) in [7, 11) is 0. The van der Waals surface area contributed by atoms with E-state index in [-0.39, 0.29) is 5.56 Å². The number of fused-ring (bicyclic) bond motifs is 1. The molecule has 3 aromatic rings. The number of hydrogen-bond acceptors (Lipinski definition) is 6. The van der Waals surface area contributed by atoms with Gasteiger partial charge >= 0.3 is 12.8 Å². The molecule has 1 fully saturated rings. The molecule has 1 N–H and O–H groups in total. The van der Waals surface area contributed by atoms with Crippen molar-refractivity contribution in [1.29, 1.82) is 0 Å². The molecule has 4 rings (SSSR count). The molecule has 0 spiro atoms. The van der Waals surface area contributed by atoms with E-state index in [1.807, 2.05) is 0 Å². The number of rotatable bonds is 9. The Morgan fingerprint density at radius 1 is 1.22 bits per heavy atom. The summed E-state index contributed by atoms with van der Waals surface area (Å²) >= 11 is 0. The Bertz CT molecular complexity index is 1240. The van der Waals surface area contributed by atoms with E-state index in [9.17, 15) is 26.7 Å². The van der Waals surface area contributed by atoms with Gasteiger partial charge in [-0.2, -0.15) is 22.0 Å². The molecular weight excluding hydrogens is 503 g/mol. The number of halogens is 5. The maximum absolute atomic E-state index is 13.1. The summed E-state index contributed by atoms with van der Waals surface area (Å²) in [5.74, 6) is -1.11. The summed E-state index contributed by atoms with van der Waals surface area (Å²) in [5.41, 5.74) is 1.16. The summed E-state index contributed by atoms with van der Waals surface area (Å²) in [4.78, 5) is 19.0. The van der Waals surface area contributed by atoms with E-state index < -0.39 is 36.6 Å². The van der Waals surface area contributed by atoms with Gasteiger partial charge in [0.15, 0.2) is 0 Å². The first-order valence-corrected chi connectivity index (χ1v) is 11.5. The second-order valence-electron chi connectivity index (χ2n) is 8.38. The Balaban J connectivity index is 1.55. The van der Waals surface area contributed by atoms with Gasteiger partial charge in [0.2, 0.25) is 0 Å². The second kappa shape index (κ2) is 11.3.